The predicted molar refractivity (Wildman–Crippen MR) is 141 cm³/mol. The van der Waals surface area contributed by atoms with Gasteiger partial charge in [0, 0.05) is 68.3 Å². The van der Waals surface area contributed by atoms with Gasteiger partial charge < -0.3 is 15.5 Å². The van der Waals surface area contributed by atoms with Gasteiger partial charge in [0.25, 0.3) is 5.91 Å². The molecule has 1 fully saturated rings. The zero-order chi connectivity index (χ0) is 24.9. The number of carbonyl (C=O) groups excluding carboxylic acids is 1. The molecule has 1 amide bonds. The molecule has 2 aromatic heterocycles. The van der Waals surface area contributed by atoms with Crippen LogP contribution in [0.5, 0.6) is 0 Å². The Morgan fingerprint density at radius 2 is 1.81 bits per heavy atom. The third-order valence-corrected chi connectivity index (χ3v) is 6.37. The molecule has 2 N–H and O–H groups in total. The van der Waals surface area contributed by atoms with E-state index in [0.717, 1.165) is 49.7 Å². The molecule has 5 rings (SSSR count). The van der Waals surface area contributed by atoms with E-state index >= 15 is 0 Å². The van der Waals surface area contributed by atoms with Gasteiger partial charge in [0.2, 0.25) is 5.95 Å². The second-order valence-electron chi connectivity index (χ2n) is 9.09. The number of hydrogen-bond donors (Lipinski definition) is 2. The highest BCUT2D eigenvalue weighted by atomic mass is 16.1. The third-order valence-electron chi connectivity index (χ3n) is 6.37. The lowest BCUT2D eigenvalue weighted by molar-refractivity contribution is 0.102. The van der Waals surface area contributed by atoms with E-state index in [2.05, 4.69) is 54.6 Å². The maximum Gasteiger partial charge on any atom is 0.255 e. The number of imidazole rings is 1. The molecule has 0 saturated carbocycles. The Labute approximate surface area is 210 Å². The molecule has 0 atom stereocenters. The molecule has 0 aliphatic carbocycles. The molecule has 4 aromatic rings. The molecular formula is C27H30N8O. The third kappa shape index (κ3) is 5.76. The molecule has 1 aliphatic heterocycles. The molecule has 0 spiro atoms. The molecule has 9 heteroatoms. The van der Waals surface area contributed by atoms with Crippen molar-refractivity contribution < 1.29 is 4.79 Å². The van der Waals surface area contributed by atoms with Gasteiger partial charge in [-0.2, -0.15) is 4.98 Å². The lowest BCUT2D eigenvalue weighted by Crippen LogP contribution is -2.43. The Morgan fingerprint density at radius 1 is 1.00 bits per heavy atom. The summed E-state index contributed by atoms with van der Waals surface area (Å²) in [4.78, 5) is 30.7. The van der Waals surface area contributed by atoms with E-state index in [1.807, 2.05) is 43.5 Å². The summed E-state index contributed by atoms with van der Waals surface area (Å²) in [5.41, 5.74) is 4.32. The van der Waals surface area contributed by atoms with Crippen LogP contribution in [0.25, 0.3) is 5.82 Å². The Bertz CT molecular complexity index is 1310. The molecule has 36 heavy (non-hydrogen) atoms. The summed E-state index contributed by atoms with van der Waals surface area (Å²) < 4.78 is 1.81. The first kappa shape index (κ1) is 23.7. The SMILES string of the molecule is Cc1ccc(C(=O)Nc2ccc(CN3CCN(C)CC3)cc2)cc1Nc1nccc(-n2ccnc2)n1. The Hall–Kier alpha value is -4.08. The van der Waals surface area contributed by atoms with Gasteiger partial charge in [-0.25, -0.2) is 9.97 Å². The van der Waals surface area contributed by atoms with Crippen LogP contribution in [0, 0.1) is 6.92 Å². The molecule has 3 heterocycles. The lowest BCUT2D eigenvalue weighted by Gasteiger charge is -2.32. The van der Waals surface area contributed by atoms with E-state index in [1.165, 1.54) is 5.56 Å². The smallest absolute Gasteiger partial charge is 0.255 e. The molecule has 0 unspecified atom stereocenters. The van der Waals surface area contributed by atoms with Crippen molar-refractivity contribution in [2.75, 3.05) is 43.9 Å². The number of rotatable bonds is 7. The van der Waals surface area contributed by atoms with Crippen molar-refractivity contribution in [1.82, 2.24) is 29.3 Å². The van der Waals surface area contributed by atoms with E-state index < -0.39 is 0 Å². The van der Waals surface area contributed by atoms with Crippen molar-refractivity contribution >= 4 is 23.2 Å². The predicted octanol–water partition coefficient (Wildman–Crippen LogP) is 3.71. The Kier molecular flexibility index (Phi) is 7.01. The number of piperazine rings is 1. The number of carbonyl (C=O) groups is 1. The van der Waals surface area contributed by atoms with Crippen LogP contribution in [0.3, 0.4) is 0 Å². The average molecular weight is 483 g/mol. The zero-order valence-corrected chi connectivity index (χ0v) is 20.6. The first-order valence-electron chi connectivity index (χ1n) is 12.0. The van der Waals surface area contributed by atoms with Gasteiger partial charge in [-0.05, 0) is 55.4 Å². The summed E-state index contributed by atoms with van der Waals surface area (Å²) in [6.07, 6.45) is 6.88. The Balaban J connectivity index is 1.23. The maximum atomic E-state index is 13.0. The number of aromatic nitrogens is 4. The number of anilines is 3. The minimum atomic E-state index is -0.169. The second kappa shape index (κ2) is 10.7. The zero-order valence-electron chi connectivity index (χ0n) is 20.6. The number of likely N-dealkylation sites (N-methyl/N-ethyl adjacent to an activating group) is 1. The molecule has 0 radical (unpaired) electrons. The average Bonchev–Trinajstić information content (AvgIpc) is 3.43. The van der Waals surface area contributed by atoms with Crippen LogP contribution in [0.15, 0.2) is 73.4 Å². The van der Waals surface area contributed by atoms with Gasteiger partial charge in [-0.1, -0.05) is 18.2 Å². The summed E-state index contributed by atoms with van der Waals surface area (Å²) in [5, 5.41) is 6.24. The van der Waals surface area contributed by atoms with Crippen molar-refractivity contribution in [2.45, 2.75) is 13.5 Å². The fraction of sp³-hybridized carbons (Fsp3) is 0.259. The highest BCUT2D eigenvalue weighted by Gasteiger charge is 2.14. The number of nitrogens with one attached hydrogen (secondary N) is 2. The summed E-state index contributed by atoms with van der Waals surface area (Å²) in [5.74, 6) is 0.975. The minimum absolute atomic E-state index is 0.169. The van der Waals surface area contributed by atoms with Crippen LogP contribution in [0.1, 0.15) is 21.5 Å². The number of aryl methyl sites for hydroxylation is 1. The fourth-order valence-corrected chi connectivity index (χ4v) is 4.13. The molecule has 0 bridgehead atoms. The van der Waals surface area contributed by atoms with Gasteiger partial charge in [0.15, 0.2) is 0 Å². The van der Waals surface area contributed by atoms with Crippen LogP contribution >= 0.6 is 0 Å². The van der Waals surface area contributed by atoms with Gasteiger partial charge in [-0.3, -0.25) is 14.3 Å². The lowest BCUT2D eigenvalue weighted by atomic mass is 10.1. The molecule has 9 nitrogen and oxygen atoms in total. The van der Waals surface area contributed by atoms with Crippen molar-refractivity contribution in [1.29, 1.82) is 0 Å². The first-order chi connectivity index (χ1) is 17.5. The van der Waals surface area contributed by atoms with E-state index in [1.54, 1.807) is 29.4 Å². The fourth-order valence-electron chi connectivity index (χ4n) is 4.13. The van der Waals surface area contributed by atoms with Crippen molar-refractivity contribution in [2.24, 2.45) is 0 Å². The summed E-state index contributed by atoms with van der Waals surface area (Å²) in [6.45, 7) is 7.27. The van der Waals surface area contributed by atoms with Crippen molar-refractivity contribution in [3.63, 3.8) is 0 Å². The molecule has 2 aromatic carbocycles. The van der Waals surface area contributed by atoms with Crippen LogP contribution in [0.4, 0.5) is 17.3 Å². The molecule has 1 aliphatic rings. The van der Waals surface area contributed by atoms with Crippen LogP contribution in [-0.4, -0.2) is 68.5 Å². The molecule has 1 saturated heterocycles. The number of nitrogens with zero attached hydrogens (tertiary/aromatic N) is 6. The molecule has 184 valence electrons. The number of amides is 1. The normalized spacial score (nSPS) is 14.5. The topological polar surface area (TPSA) is 91.2 Å². The van der Waals surface area contributed by atoms with E-state index in [-0.39, 0.29) is 5.91 Å². The maximum absolute atomic E-state index is 13.0. The van der Waals surface area contributed by atoms with E-state index in [4.69, 9.17) is 0 Å². The standard InChI is InChI=1S/C27H30N8O/c1-20-3-6-22(17-24(20)31-27-29-10-9-25(32-27)35-12-11-28-19-35)26(36)30-23-7-4-21(5-8-23)18-34-15-13-33(2)14-16-34/h3-12,17,19H,13-16,18H2,1-2H3,(H,30,36)(H,29,31,32). The number of hydrogen-bond acceptors (Lipinski definition) is 7. The minimum Gasteiger partial charge on any atom is -0.324 e. The van der Waals surface area contributed by atoms with E-state index in [0.29, 0.717) is 17.3 Å². The van der Waals surface area contributed by atoms with Gasteiger partial charge >= 0.3 is 0 Å². The van der Waals surface area contributed by atoms with Crippen molar-refractivity contribution in [3.05, 3.63) is 90.1 Å². The largest absolute Gasteiger partial charge is 0.324 e. The Morgan fingerprint density at radius 3 is 2.56 bits per heavy atom. The summed E-state index contributed by atoms with van der Waals surface area (Å²) in [6, 6.07) is 15.5. The monoisotopic (exact) mass is 482 g/mol. The summed E-state index contributed by atoms with van der Waals surface area (Å²) in [7, 11) is 2.16. The van der Waals surface area contributed by atoms with Crippen LogP contribution < -0.4 is 10.6 Å². The first-order valence-corrected chi connectivity index (χ1v) is 12.0. The highest BCUT2D eigenvalue weighted by Crippen LogP contribution is 2.22. The number of benzene rings is 2. The highest BCUT2D eigenvalue weighted by molar-refractivity contribution is 6.05. The van der Waals surface area contributed by atoms with Crippen LogP contribution in [-0.2, 0) is 6.54 Å². The molecular weight excluding hydrogens is 452 g/mol. The van der Waals surface area contributed by atoms with Gasteiger partial charge in [-0.15, -0.1) is 0 Å². The quantitative estimate of drug-likeness (QED) is 0.415. The van der Waals surface area contributed by atoms with Gasteiger partial charge in [0.05, 0.1) is 0 Å². The van der Waals surface area contributed by atoms with Crippen molar-refractivity contribution in [3.8, 4) is 5.82 Å². The van der Waals surface area contributed by atoms with Gasteiger partial charge in [0.1, 0.15) is 12.1 Å². The van der Waals surface area contributed by atoms with E-state index in [9.17, 15) is 4.79 Å². The summed E-state index contributed by atoms with van der Waals surface area (Å²) >= 11 is 0. The van der Waals surface area contributed by atoms with Crippen LogP contribution in [0.2, 0.25) is 0 Å². The second-order valence-corrected chi connectivity index (χ2v) is 9.09.